The van der Waals surface area contributed by atoms with Crippen LogP contribution in [0.1, 0.15) is 6.92 Å². The van der Waals surface area contributed by atoms with Crippen LogP contribution in [0.2, 0.25) is 11.1 Å². The molecule has 0 aliphatic carbocycles. The third-order valence-electron chi connectivity index (χ3n) is 0.706. The van der Waals surface area contributed by atoms with Crippen LogP contribution in [0.4, 0.5) is 0 Å². The van der Waals surface area contributed by atoms with E-state index in [4.69, 9.17) is 5.11 Å². The van der Waals surface area contributed by atoms with Crippen LogP contribution >= 0.6 is 0 Å². The highest BCUT2D eigenvalue weighted by atomic mass is 27.1. The van der Waals surface area contributed by atoms with Crippen molar-refractivity contribution in [2.45, 2.75) is 24.1 Å². The van der Waals surface area contributed by atoms with E-state index in [0.717, 1.165) is 5.28 Å². The van der Waals surface area contributed by atoms with Gasteiger partial charge in [-0.25, -0.2) is 0 Å². The van der Waals surface area contributed by atoms with Crippen molar-refractivity contribution in [3.63, 3.8) is 0 Å². The molecule has 0 rings (SSSR count). The SMILES string of the molecule is [CH3][AlH][CH2]C(C)O. The largest absolute Gasteiger partial charge is 0.395 e. The van der Waals surface area contributed by atoms with Gasteiger partial charge in [0.05, 0.1) is 0 Å². The molecule has 1 unspecified atom stereocenters. The lowest BCUT2D eigenvalue weighted by Crippen LogP contribution is -2.00. The maximum absolute atomic E-state index is 8.59. The van der Waals surface area contributed by atoms with Gasteiger partial charge in [-0.3, -0.25) is 0 Å². The molecule has 0 radical (unpaired) electrons. The van der Waals surface area contributed by atoms with Crippen molar-refractivity contribution in [3.8, 4) is 0 Å². The van der Waals surface area contributed by atoms with Crippen molar-refractivity contribution in [1.82, 2.24) is 0 Å². The second-order valence-corrected chi connectivity index (χ2v) is 3.22. The van der Waals surface area contributed by atoms with E-state index in [0.29, 0.717) is 0 Å². The fourth-order valence-corrected chi connectivity index (χ4v) is 1.25. The highest BCUT2D eigenvalue weighted by Crippen LogP contribution is 1.85. The molecule has 0 aromatic rings. The zero-order valence-corrected chi connectivity index (χ0v) is 5.85. The van der Waals surface area contributed by atoms with Gasteiger partial charge in [0.15, 0.2) is 0 Å². The second-order valence-electron chi connectivity index (χ2n) is 1.64. The fraction of sp³-hybridized carbons (Fsp3) is 1.00. The van der Waals surface area contributed by atoms with Crippen LogP contribution in [0, 0.1) is 0 Å². The number of aliphatic hydroxyl groups is 1. The van der Waals surface area contributed by atoms with Gasteiger partial charge in [-0.05, 0) is 6.92 Å². The molecular weight excluding hydrogens is 91.0 g/mol. The summed E-state index contributed by atoms with van der Waals surface area (Å²) in [4.78, 5) is 0. The monoisotopic (exact) mass is 102 g/mol. The molecule has 36 valence electrons. The van der Waals surface area contributed by atoms with E-state index in [1.54, 1.807) is 0 Å². The van der Waals surface area contributed by atoms with Crippen LogP contribution in [0.15, 0.2) is 0 Å². The Labute approximate surface area is 45.1 Å². The maximum atomic E-state index is 8.59. The Morgan fingerprint density at radius 1 is 1.83 bits per heavy atom. The topological polar surface area (TPSA) is 20.2 Å². The Kier molecular flexibility index (Phi) is 3.98. The lowest BCUT2D eigenvalue weighted by molar-refractivity contribution is 0.215. The zero-order valence-electron chi connectivity index (χ0n) is 4.44. The molecular formula is C4H11AlO. The van der Waals surface area contributed by atoms with E-state index in [1.165, 1.54) is 0 Å². The van der Waals surface area contributed by atoms with Gasteiger partial charge in [-0.15, -0.1) is 5.79 Å². The minimum Gasteiger partial charge on any atom is -0.395 e. The molecule has 0 aromatic heterocycles. The first-order chi connectivity index (χ1) is 2.77. The van der Waals surface area contributed by atoms with Crippen LogP contribution < -0.4 is 0 Å². The highest BCUT2D eigenvalue weighted by Gasteiger charge is 1.90. The summed E-state index contributed by atoms with van der Waals surface area (Å²) in [5.41, 5.74) is 0. The van der Waals surface area contributed by atoms with Crippen LogP contribution in [0.5, 0.6) is 0 Å². The molecule has 0 saturated heterocycles. The summed E-state index contributed by atoms with van der Waals surface area (Å²) >= 11 is 0.117. The molecule has 0 aromatic carbocycles. The standard InChI is InChI=1S/C3H7O.CH3.Al.H/c1-3(2)4;;;/h3-4H,1H2,2H3;1H3;;. The molecule has 0 aliphatic heterocycles. The van der Waals surface area contributed by atoms with E-state index >= 15 is 0 Å². The van der Waals surface area contributed by atoms with Crippen LogP contribution in [-0.4, -0.2) is 26.4 Å². The molecule has 6 heavy (non-hydrogen) atoms. The van der Waals surface area contributed by atoms with Crippen molar-refractivity contribution in [2.24, 2.45) is 0 Å². The molecule has 0 heterocycles. The van der Waals surface area contributed by atoms with E-state index in [1.807, 2.05) is 6.92 Å². The molecule has 0 amide bonds. The molecule has 0 bridgehead atoms. The van der Waals surface area contributed by atoms with Crippen molar-refractivity contribution < 1.29 is 5.11 Å². The second kappa shape index (κ2) is 3.67. The molecule has 1 atom stereocenters. The normalized spacial score (nSPS) is 13.8. The van der Waals surface area contributed by atoms with Crippen LogP contribution in [0.3, 0.4) is 0 Å². The molecule has 0 aliphatic rings. The quantitative estimate of drug-likeness (QED) is 0.496. The minimum atomic E-state index is -0.0401. The van der Waals surface area contributed by atoms with Crippen molar-refractivity contribution in [3.05, 3.63) is 0 Å². The molecule has 0 saturated carbocycles. The Morgan fingerprint density at radius 2 is 2.33 bits per heavy atom. The Hall–Kier alpha value is 0.492. The first kappa shape index (κ1) is 6.49. The predicted octanol–water partition coefficient (Wildman–Crippen LogP) is 0.270. The molecule has 0 spiro atoms. The summed E-state index contributed by atoms with van der Waals surface area (Å²) in [6, 6.07) is 0. The summed E-state index contributed by atoms with van der Waals surface area (Å²) in [6.45, 7) is 1.84. The third kappa shape index (κ3) is 4.49. The zero-order chi connectivity index (χ0) is 4.99. The van der Waals surface area contributed by atoms with Gasteiger partial charge in [-0.1, -0.05) is 5.28 Å². The number of aliphatic hydroxyl groups excluding tert-OH is 1. The lowest BCUT2D eigenvalue weighted by Gasteiger charge is -1.94. The molecule has 1 nitrogen and oxygen atoms in total. The number of hydrogen-bond donors (Lipinski definition) is 1. The van der Waals surface area contributed by atoms with Gasteiger partial charge < -0.3 is 5.11 Å². The minimum absolute atomic E-state index is 0.0401. The van der Waals surface area contributed by atoms with Crippen molar-refractivity contribution in [1.29, 1.82) is 0 Å². The summed E-state index contributed by atoms with van der Waals surface area (Å²) in [5, 5.41) is 9.66. The van der Waals surface area contributed by atoms with Gasteiger partial charge in [0.2, 0.25) is 15.2 Å². The first-order valence-corrected chi connectivity index (χ1v) is 4.87. The van der Waals surface area contributed by atoms with E-state index in [2.05, 4.69) is 5.79 Å². The van der Waals surface area contributed by atoms with Crippen LogP contribution in [0.25, 0.3) is 0 Å². The third-order valence-corrected chi connectivity index (χ3v) is 2.12. The number of hydrogen-bond acceptors (Lipinski definition) is 1. The summed E-state index contributed by atoms with van der Waals surface area (Å²) in [7, 11) is 0. The number of rotatable bonds is 2. The van der Waals surface area contributed by atoms with Gasteiger partial charge >= 0.3 is 0 Å². The van der Waals surface area contributed by atoms with E-state index in [-0.39, 0.29) is 21.3 Å². The maximum Gasteiger partial charge on any atom is 0.237 e. The Balaban J connectivity index is 2.63. The Bertz CT molecular complexity index is 28.7. The average Bonchev–Trinajstić information content (AvgIpc) is 1.35. The predicted molar refractivity (Wildman–Crippen MR) is 29.5 cm³/mol. The molecule has 1 N–H and O–H groups in total. The summed E-state index contributed by atoms with van der Waals surface area (Å²) < 4.78 is 0. The summed E-state index contributed by atoms with van der Waals surface area (Å²) in [5.74, 6) is 2.20. The summed E-state index contributed by atoms with van der Waals surface area (Å²) in [6.07, 6.45) is -0.0401. The van der Waals surface area contributed by atoms with Crippen LogP contribution in [-0.2, 0) is 0 Å². The van der Waals surface area contributed by atoms with Gasteiger partial charge in [0.1, 0.15) is 0 Å². The highest BCUT2D eigenvalue weighted by molar-refractivity contribution is 6.33. The van der Waals surface area contributed by atoms with E-state index < -0.39 is 0 Å². The van der Waals surface area contributed by atoms with Gasteiger partial charge in [0, 0.05) is 6.10 Å². The molecule has 2 heteroatoms. The van der Waals surface area contributed by atoms with Gasteiger partial charge in [-0.2, -0.15) is 0 Å². The smallest absolute Gasteiger partial charge is 0.237 e. The van der Waals surface area contributed by atoms with Crippen molar-refractivity contribution in [2.75, 3.05) is 0 Å². The molecule has 0 fully saturated rings. The fourth-order valence-electron chi connectivity index (χ4n) is 0.418. The van der Waals surface area contributed by atoms with E-state index in [9.17, 15) is 0 Å². The average molecular weight is 102 g/mol. The first-order valence-electron chi connectivity index (χ1n) is 2.45. The Morgan fingerprint density at radius 3 is 2.33 bits per heavy atom. The lowest BCUT2D eigenvalue weighted by atomic mass is 10.5. The van der Waals surface area contributed by atoms with Gasteiger partial charge in [0.25, 0.3) is 0 Å². The van der Waals surface area contributed by atoms with Crippen molar-refractivity contribution >= 4 is 15.2 Å².